The maximum atomic E-state index is 11.0. The molecule has 2 aliphatic rings. The van der Waals surface area contributed by atoms with E-state index in [9.17, 15) is 15.0 Å². The van der Waals surface area contributed by atoms with Crippen molar-refractivity contribution in [2.45, 2.75) is 96.4 Å². The molecule has 32 heavy (non-hydrogen) atoms. The highest BCUT2D eigenvalue weighted by Gasteiger charge is 2.56. The molecule has 0 radical (unpaired) electrons. The minimum absolute atomic E-state index is 0.00797. The molecule has 0 aromatic carbocycles. The highest BCUT2D eigenvalue weighted by molar-refractivity contribution is 5.67. The minimum Gasteiger partial charge on any atom is -0.481 e. The Morgan fingerprint density at radius 1 is 1.28 bits per heavy atom. The number of carboxylic acids is 1. The van der Waals surface area contributed by atoms with Crippen molar-refractivity contribution in [3.05, 3.63) is 23.8 Å². The number of aliphatic hydroxyl groups excluding tert-OH is 2. The van der Waals surface area contributed by atoms with E-state index in [1.165, 1.54) is 0 Å². The van der Waals surface area contributed by atoms with Gasteiger partial charge in [-0.1, -0.05) is 39.0 Å². The van der Waals surface area contributed by atoms with Crippen LogP contribution in [0.5, 0.6) is 0 Å². The van der Waals surface area contributed by atoms with Gasteiger partial charge < -0.3 is 29.5 Å². The predicted octanol–water partition coefficient (Wildman–Crippen LogP) is 3.34. The number of aliphatic hydroxyl groups is 2. The molecule has 2 heterocycles. The van der Waals surface area contributed by atoms with Crippen molar-refractivity contribution in [3.63, 3.8) is 0 Å². The van der Waals surface area contributed by atoms with E-state index in [1.54, 1.807) is 14.0 Å². The van der Waals surface area contributed by atoms with Gasteiger partial charge in [0.1, 0.15) is 0 Å². The van der Waals surface area contributed by atoms with Crippen LogP contribution in [-0.4, -0.2) is 71.1 Å². The molecule has 184 valence electrons. The van der Waals surface area contributed by atoms with E-state index >= 15 is 0 Å². The molecule has 0 spiro atoms. The first-order valence-electron chi connectivity index (χ1n) is 11.8. The summed E-state index contributed by atoms with van der Waals surface area (Å²) >= 11 is 0. The highest BCUT2D eigenvalue weighted by atomic mass is 16.6. The van der Waals surface area contributed by atoms with Crippen LogP contribution in [0.25, 0.3) is 0 Å². The van der Waals surface area contributed by atoms with E-state index < -0.39 is 12.1 Å². The fourth-order valence-corrected chi connectivity index (χ4v) is 5.23. The normalized spacial score (nSPS) is 34.8. The Balaban J connectivity index is 1.94. The zero-order valence-electron chi connectivity index (χ0n) is 20.4. The number of ether oxygens (including phenoxy) is 3. The van der Waals surface area contributed by atoms with Crippen molar-refractivity contribution in [3.8, 4) is 0 Å². The van der Waals surface area contributed by atoms with Crippen LogP contribution in [0.3, 0.4) is 0 Å². The van der Waals surface area contributed by atoms with Gasteiger partial charge in [-0.05, 0) is 50.5 Å². The molecular weight excluding hydrogens is 412 g/mol. The smallest absolute Gasteiger partial charge is 0.305 e. The summed E-state index contributed by atoms with van der Waals surface area (Å²) in [5.74, 6) is -0.288. The number of hydrogen-bond donors (Lipinski definition) is 3. The first-order valence-corrected chi connectivity index (χ1v) is 11.8. The van der Waals surface area contributed by atoms with E-state index in [-0.39, 0.29) is 60.8 Å². The Bertz CT molecular complexity index is 673. The van der Waals surface area contributed by atoms with E-state index in [2.05, 4.69) is 33.8 Å². The van der Waals surface area contributed by atoms with Crippen molar-refractivity contribution >= 4 is 5.97 Å². The second-order valence-electron chi connectivity index (χ2n) is 9.95. The SMILES string of the molecule is CO[C@H]([C@@H](C)[C@H]1O[C@]1(C)C[C@H](C)/C=C/C=C(\CO)[C@@H]1O[C@@H](CC(=O)O)CC[C@@H]1C)[C@@H](C)O. The van der Waals surface area contributed by atoms with Crippen LogP contribution in [0.15, 0.2) is 23.8 Å². The lowest BCUT2D eigenvalue weighted by atomic mass is 9.85. The minimum atomic E-state index is -0.861. The van der Waals surface area contributed by atoms with E-state index in [4.69, 9.17) is 19.3 Å². The summed E-state index contributed by atoms with van der Waals surface area (Å²) in [6.45, 7) is 9.97. The first-order chi connectivity index (χ1) is 15.0. The van der Waals surface area contributed by atoms with Crippen molar-refractivity contribution < 1.29 is 34.3 Å². The van der Waals surface area contributed by atoms with Gasteiger partial charge in [-0.2, -0.15) is 0 Å². The molecule has 0 saturated carbocycles. The lowest BCUT2D eigenvalue weighted by molar-refractivity contribution is -0.144. The molecule has 2 saturated heterocycles. The standard InChI is InChI=1S/C25H42O7/c1-15(13-25(5)24(32-25)17(3)23(30-6)18(4)27)8-7-9-19(14-26)22-16(2)10-11-20(31-22)12-21(28)29/h7-9,15-18,20,22-24,26-27H,10-14H2,1-6H3,(H,28,29)/b8-7+,19-9+/t15-,16+,17-,18-,20-,22-,23-,24-,25-/m1/s1. The molecule has 2 aliphatic heterocycles. The number of carboxylic acid groups (broad SMARTS) is 1. The van der Waals surface area contributed by atoms with Crippen LogP contribution in [0, 0.1) is 17.8 Å². The van der Waals surface area contributed by atoms with Crippen LogP contribution in [0.4, 0.5) is 0 Å². The Morgan fingerprint density at radius 3 is 2.53 bits per heavy atom. The molecule has 0 amide bonds. The number of epoxide rings is 1. The van der Waals surface area contributed by atoms with Crippen molar-refractivity contribution in [2.24, 2.45) is 17.8 Å². The zero-order chi connectivity index (χ0) is 24.1. The van der Waals surface area contributed by atoms with Crippen LogP contribution in [-0.2, 0) is 19.0 Å². The number of carbonyl (C=O) groups is 1. The maximum Gasteiger partial charge on any atom is 0.305 e. The van der Waals surface area contributed by atoms with Gasteiger partial charge in [0.2, 0.25) is 0 Å². The number of hydrogen-bond acceptors (Lipinski definition) is 6. The molecular formula is C25H42O7. The molecule has 7 heteroatoms. The molecule has 0 aliphatic carbocycles. The van der Waals surface area contributed by atoms with Gasteiger partial charge in [0, 0.05) is 13.0 Å². The van der Waals surface area contributed by atoms with Crippen molar-refractivity contribution in [2.75, 3.05) is 13.7 Å². The topological polar surface area (TPSA) is 109 Å². The van der Waals surface area contributed by atoms with Crippen LogP contribution in [0.1, 0.15) is 60.3 Å². The highest BCUT2D eigenvalue weighted by Crippen LogP contribution is 2.47. The summed E-state index contributed by atoms with van der Waals surface area (Å²) in [7, 11) is 1.62. The molecule has 0 aromatic rings. The van der Waals surface area contributed by atoms with Gasteiger partial charge >= 0.3 is 5.97 Å². The Morgan fingerprint density at radius 2 is 1.97 bits per heavy atom. The van der Waals surface area contributed by atoms with Gasteiger partial charge in [-0.15, -0.1) is 0 Å². The molecule has 2 fully saturated rings. The lowest BCUT2D eigenvalue weighted by Crippen LogP contribution is -2.37. The van der Waals surface area contributed by atoms with Gasteiger partial charge in [0.25, 0.3) is 0 Å². The zero-order valence-corrected chi connectivity index (χ0v) is 20.4. The van der Waals surface area contributed by atoms with Crippen LogP contribution < -0.4 is 0 Å². The fraction of sp³-hybridized carbons (Fsp3) is 0.800. The molecule has 7 nitrogen and oxygen atoms in total. The van der Waals surface area contributed by atoms with Crippen LogP contribution in [0.2, 0.25) is 0 Å². The Labute approximate surface area is 192 Å². The summed E-state index contributed by atoms with van der Waals surface area (Å²) in [6.07, 6.45) is 7.04. The summed E-state index contributed by atoms with van der Waals surface area (Å²) in [6, 6.07) is 0. The molecule has 3 N–H and O–H groups in total. The third-order valence-electron chi connectivity index (χ3n) is 6.91. The largest absolute Gasteiger partial charge is 0.481 e. The molecule has 0 unspecified atom stereocenters. The third-order valence-corrected chi connectivity index (χ3v) is 6.91. The number of allylic oxidation sites excluding steroid dienone is 3. The monoisotopic (exact) mass is 454 g/mol. The summed E-state index contributed by atoms with van der Waals surface area (Å²) in [4.78, 5) is 11.0. The summed E-state index contributed by atoms with van der Waals surface area (Å²) in [5.41, 5.74) is 0.528. The second-order valence-corrected chi connectivity index (χ2v) is 9.95. The van der Waals surface area contributed by atoms with Gasteiger partial charge in [0.05, 0.1) is 49.1 Å². The molecule has 2 rings (SSSR count). The molecule has 9 atom stereocenters. The van der Waals surface area contributed by atoms with Gasteiger partial charge in [-0.3, -0.25) is 4.79 Å². The number of aliphatic carboxylic acids is 1. The second kappa shape index (κ2) is 11.7. The van der Waals surface area contributed by atoms with Gasteiger partial charge in [-0.25, -0.2) is 0 Å². The summed E-state index contributed by atoms with van der Waals surface area (Å²) < 4.78 is 17.5. The average molecular weight is 455 g/mol. The van der Waals surface area contributed by atoms with E-state index in [0.717, 1.165) is 24.8 Å². The van der Waals surface area contributed by atoms with E-state index in [0.29, 0.717) is 0 Å². The molecule has 0 bridgehead atoms. The third kappa shape index (κ3) is 7.12. The first kappa shape index (κ1) is 27.0. The molecule has 0 aromatic heterocycles. The summed E-state index contributed by atoms with van der Waals surface area (Å²) in [5, 5.41) is 28.9. The quantitative estimate of drug-likeness (QED) is 0.306. The number of rotatable bonds is 12. The Hall–Kier alpha value is -1.25. The fourth-order valence-electron chi connectivity index (χ4n) is 5.23. The van der Waals surface area contributed by atoms with Crippen molar-refractivity contribution in [1.82, 2.24) is 0 Å². The predicted molar refractivity (Wildman–Crippen MR) is 122 cm³/mol. The average Bonchev–Trinajstić information content (AvgIpc) is 3.37. The van der Waals surface area contributed by atoms with Gasteiger partial charge in [0.15, 0.2) is 0 Å². The van der Waals surface area contributed by atoms with Crippen LogP contribution >= 0.6 is 0 Å². The Kier molecular flexibility index (Phi) is 9.91. The number of methoxy groups -OCH3 is 1. The van der Waals surface area contributed by atoms with Crippen molar-refractivity contribution in [1.29, 1.82) is 0 Å². The maximum absolute atomic E-state index is 11.0. The lowest BCUT2D eigenvalue weighted by Gasteiger charge is -2.35. The van der Waals surface area contributed by atoms with E-state index in [1.807, 2.05) is 12.2 Å².